The van der Waals surface area contributed by atoms with Gasteiger partial charge in [-0.3, -0.25) is 9.97 Å². The van der Waals surface area contributed by atoms with Crippen molar-refractivity contribution in [2.45, 2.75) is 12.0 Å². The number of nitrogens with zero attached hydrogens (tertiary/aromatic N) is 4. The van der Waals surface area contributed by atoms with Crippen molar-refractivity contribution in [3.8, 4) is 33.8 Å². The van der Waals surface area contributed by atoms with E-state index in [-0.39, 0.29) is 0 Å². The lowest BCUT2D eigenvalue weighted by atomic mass is 9.68. The first-order valence-corrected chi connectivity index (χ1v) is 19.5. The summed E-state index contributed by atoms with van der Waals surface area (Å²) in [5, 5.41) is 7.02. The van der Waals surface area contributed by atoms with Crippen LogP contribution in [0.1, 0.15) is 33.5 Å². The lowest BCUT2D eigenvalue weighted by Crippen LogP contribution is -2.28. The fourth-order valence-corrected chi connectivity index (χ4v) is 9.87. The molecule has 0 atom stereocenters. The molecule has 12 rings (SSSR count). The van der Waals surface area contributed by atoms with Gasteiger partial charge in [0.2, 0.25) is 0 Å². The number of para-hydroxylation sites is 1. The summed E-state index contributed by atoms with van der Waals surface area (Å²) in [5.74, 6) is 0. The second kappa shape index (κ2) is 12.3. The van der Waals surface area contributed by atoms with Crippen LogP contribution in [0.3, 0.4) is 0 Å². The summed E-state index contributed by atoms with van der Waals surface area (Å²) >= 11 is 0. The van der Waals surface area contributed by atoms with E-state index in [0.717, 1.165) is 23.6 Å². The van der Waals surface area contributed by atoms with Crippen LogP contribution in [0.25, 0.3) is 72.5 Å². The summed E-state index contributed by atoms with van der Waals surface area (Å²) in [4.78, 5) is 9.62. The van der Waals surface area contributed by atoms with E-state index in [9.17, 15) is 0 Å². The fourth-order valence-electron chi connectivity index (χ4n) is 9.87. The maximum absolute atomic E-state index is 5.20. The molecule has 0 unspecified atom stereocenters. The topological polar surface area (TPSA) is 47.7 Å². The Morgan fingerprint density at radius 1 is 0.526 bits per heavy atom. The van der Waals surface area contributed by atoms with E-state index in [0.29, 0.717) is 0 Å². The summed E-state index contributed by atoms with van der Waals surface area (Å²) in [6.45, 7) is 0.775. The molecule has 0 radical (unpaired) electrons. The molecule has 0 bridgehead atoms. The molecule has 5 heterocycles. The molecule has 1 aliphatic carbocycles. The van der Waals surface area contributed by atoms with Crippen LogP contribution < -0.4 is 5.32 Å². The number of benzene rings is 6. The zero-order valence-electron chi connectivity index (χ0n) is 31.0. The number of pyridine rings is 2. The predicted octanol–water partition coefficient (Wildman–Crippen LogP) is 11.6. The van der Waals surface area contributed by atoms with Crippen molar-refractivity contribution in [3.05, 3.63) is 222 Å². The van der Waals surface area contributed by atoms with Crippen molar-refractivity contribution in [2.75, 3.05) is 0 Å². The first kappa shape index (κ1) is 31.8. The summed E-state index contributed by atoms with van der Waals surface area (Å²) in [6, 6.07) is 59.8. The number of nitrogens with one attached hydrogen (secondary N) is 1. The Balaban J connectivity index is 1.03. The molecule has 268 valence electrons. The number of hydrogen-bond donors (Lipinski definition) is 1. The Bertz CT molecular complexity index is 3170. The molecule has 10 aromatic rings. The minimum absolute atomic E-state index is 0.525. The number of hydrogen-bond acceptors (Lipinski definition) is 3. The number of fused-ring (bicyclic) bond motifs is 10. The molecular weight excluding hydrogens is 695 g/mol. The van der Waals surface area contributed by atoms with Gasteiger partial charge in [-0.05, 0) is 88.1 Å². The van der Waals surface area contributed by atoms with Gasteiger partial charge in [-0.25, -0.2) is 0 Å². The van der Waals surface area contributed by atoms with E-state index in [1.807, 2.05) is 24.8 Å². The van der Waals surface area contributed by atoms with Gasteiger partial charge in [0.25, 0.3) is 0 Å². The second-order valence-electron chi connectivity index (χ2n) is 15.0. The van der Waals surface area contributed by atoms with Crippen LogP contribution in [0.4, 0.5) is 0 Å². The molecule has 4 aromatic heterocycles. The van der Waals surface area contributed by atoms with Crippen LogP contribution in [-0.4, -0.2) is 19.1 Å². The Hall–Kier alpha value is -7.50. The van der Waals surface area contributed by atoms with Crippen LogP contribution in [0.15, 0.2) is 189 Å². The molecule has 0 spiro atoms. The van der Waals surface area contributed by atoms with Crippen LogP contribution in [0.5, 0.6) is 0 Å². The fraction of sp³-hybridized carbons (Fsp3) is 0.0385. The highest BCUT2D eigenvalue weighted by Gasteiger charge is 2.48. The van der Waals surface area contributed by atoms with Crippen molar-refractivity contribution in [2.24, 2.45) is 0 Å². The average Bonchev–Trinajstić information content (AvgIpc) is 3.92. The monoisotopic (exact) mass is 729 g/mol. The largest absolute Gasteiger partial charge is 0.385 e. The average molecular weight is 730 g/mol. The lowest BCUT2D eigenvalue weighted by Gasteiger charge is -2.33. The second-order valence-corrected chi connectivity index (χ2v) is 15.0. The smallest absolute Gasteiger partial charge is 0.0774 e. The zero-order chi connectivity index (χ0) is 37.5. The summed E-state index contributed by atoms with van der Waals surface area (Å²) < 4.78 is 4.81. The van der Waals surface area contributed by atoms with Gasteiger partial charge in [0.15, 0.2) is 0 Å². The van der Waals surface area contributed by atoms with E-state index < -0.39 is 5.41 Å². The highest BCUT2D eigenvalue weighted by atomic mass is 15.0. The van der Waals surface area contributed by atoms with Gasteiger partial charge in [-0.15, -0.1) is 0 Å². The number of rotatable bonds is 5. The third kappa shape index (κ3) is 4.45. The van der Waals surface area contributed by atoms with E-state index >= 15 is 0 Å². The summed E-state index contributed by atoms with van der Waals surface area (Å²) in [5.41, 5.74) is 17.2. The van der Waals surface area contributed by atoms with Gasteiger partial charge < -0.3 is 14.5 Å². The highest BCUT2D eigenvalue weighted by molar-refractivity contribution is 6.15. The first-order chi connectivity index (χ1) is 28.3. The lowest BCUT2D eigenvalue weighted by molar-refractivity contribution is 0.767. The maximum Gasteiger partial charge on any atom is 0.0774 e. The molecule has 1 aliphatic heterocycles. The molecule has 0 saturated carbocycles. The van der Waals surface area contributed by atoms with E-state index in [1.54, 1.807) is 0 Å². The molecule has 2 aliphatic rings. The van der Waals surface area contributed by atoms with Crippen molar-refractivity contribution in [3.63, 3.8) is 0 Å². The van der Waals surface area contributed by atoms with Crippen LogP contribution in [0.2, 0.25) is 0 Å². The van der Waals surface area contributed by atoms with Crippen LogP contribution in [-0.2, 0) is 12.0 Å². The zero-order valence-corrected chi connectivity index (χ0v) is 31.0. The van der Waals surface area contributed by atoms with Crippen molar-refractivity contribution in [1.29, 1.82) is 0 Å². The standard InChI is InChI=1S/C52H35N5/c1-3-10-36(11-4-1)52(37-12-5-2-6-13-37)44-26-25-42-40-14-7-8-16-46(40)57(51(42)49(44)50-45(52)15-9-29-55-50)39-23-19-35(20-24-39)34-17-21-38(22-18-34)56-47-28-31-53-32-43(47)41-27-30-54-33-48(41)56/h1-32,54H,33H2. The quantitative estimate of drug-likeness (QED) is 0.192. The van der Waals surface area contributed by atoms with Gasteiger partial charge in [0, 0.05) is 57.3 Å². The number of aromatic nitrogens is 4. The first-order valence-electron chi connectivity index (χ1n) is 19.5. The normalized spacial score (nSPS) is 13.8. The van der Waals surface area contributed by atoms with Gasteiger partial charge in [-0.2, -0.15) is 0 Å². The Morgan fingerprint density at radius 2 is 1.19 bits per heavy atom. The molecule has 1 N–H and O–H groups in total. The molecular formula is C52H35N5. The van der Waals surface area contributed by atoms with Crippen molar-refractivity contribution >= 4 is 38.8 Å². The van der Waals surface area contributed by atoms with Crippen molar-refractivity contribution < 1.29 is 0 Å². The van der Waals surface area contributed by atoms with E-state index in [2.05, 4.69) is 189 Å². The minimum atomic E-state index is -0.525. The van der Waals surface area contributed by atoms with E-state index in [1.165, 1.54) is 82.9 Å². The molecule has 0 saturated heterocycles. The van der Waals surface area contributed by atoms with Gasteiger partial charge in [0.1, 0.15) is 0 Å². The molecule has 6 aromatic carbocycles. The predicted molar refractivity (Wildman–Crippen MR) is 232 cm³/mol. The van der Waals surface area contributed by atoms with E-state index in [4.69, 9.17) is 4.98 Å². The molecule has 5 heteroatoms. The van der Waals surface area contributed by atoms with Crippen LogP contribution in [0, 0.1) is 0 Å². The van der Waals surface area contributed by atoms with Crippen LogP contribution >= 0.6 is 0 Å². The summed E-state index contributed by atoms with van der Waals surface area (Å²) in [7, 11) is 0. The Morgan fingerprint density at radius 3 is 1.93 bits per heavy atom. The molecule has 57 heavy (non-hydrogen) atoms. The summed E-state index contributed by atoms with van der Waals surface area (Å²) in [6.07, 6.45) is 9.97. The van der Waals surface area contributed by atoms with Gasteiger partial charge in [-0.1, -0.05) is 121 Å². The highest BCUT2D eigenvalue weighted by Crippen LogP contribution is 2.58. The minimum Gasteiger partial charge on any atom is -0.385 e. The Kier molecular flexibility index (Phi) is 6.84. The van der Waals surface area contributed by atoms with Crippen molar-refractivity contribution in [1.82, 2.24) is 24.4 Å². The maximum atomic E-state index is 5.20. The Labute approximate surface area is 329 Å². The third-order valence-electron chi connectivity index (χ3n) is 12.2. The third-order valence-corrected chi connectivity index (χ3v) is 12.2. The molecule has 0 fully saturated rings. The van der Waals surface area contributed by atoms with Gasteiger partial charge >= 0.3 is 0 Å². The SMILES string of the molecule is C1=Cc2c(n(-c3ccc(-c4ccc(-n5c6ccccc6c6ccc7c(c65)-c5ncccc5C7(c5ccccc5)c5ccccc5)cc4)cc3)c3ccncc23)CN1. The molecule has 0 amide bonds. The molecule has 5 nitrogen and oxygen atoms in total. The van der Waals surface area contributed by atoms with Gasteiger partial charge in [0.05, 0.1) is 39.9 Å².